The minimum Gasteiger partial charge on any atom is -0.493 e. The van der Waals surface area contributed by atoms with Gasteiger partial charge in [0.1, 0.15) is 24.4 Å². The van der Waals surface area contributed by atoms with Gasteiger partial charge in [-0.25, -0.2) is 4.79 Å². The first-order chi connectivity index (χ1) is 21.2. The van der Waals surface area contributed by atoms with Crippen molar-refractivity contribution in [2.24, 2.45) is 0 Å². The standard InChI is InChI=1S/C28H24N2O10S4/c1-29-25(34)28-23(32)15-12-38-9-8-18-21(15)30(28)26(35)27(29,41-43-44-42-28)22(31)13-4-6-16(36-2)19(10-13)39-20-11-14(24(33)40-18)5-7-17(20)37-3/h4-12,18,21-23,31-32H,1-3H3. The summed E-state index contributed by atoms with van der Waals surface area (Å²) >= 11 is 0. The maximum Gasteiger partial charge on any atom is 0.338 e. The first-order valence-electron chi connectivity index (χ1n) is 13.1. The van der Waals surface area contributed by atoms with E-state index < -0.39 is 51.9 Å². The predicted molar refractivity (Wildman–Crippen MR) is 164 cm³/mol. The van der Waals surface area contributed by atoms with Gasteiger partial charge in [-0.3, -0.25) is 9.59 Å². The molecule has 16 heteroatoms. The van der Waals surface area contributed by atoms with Gasteiger partial charge in [0.05, 0.1) is 32.3 Å². The van der Waals surface area contributed by atoms with E-state index in [0.717, 1.165) is 21.6 Å². The Morgan fingerprint density at radius 3 is 2.30 bits per heavy atom. The van der Waals surface area contributed by atoms with Crippen LogP contribution in [0.15, 0.2) is 60.6 Å². The molecule has 8 rings (SSSR count). The number of ether oxygens (including phenoxy) is 5. The molecule has 2 N–H and O–H groups in total. The highest BCUT2D eigenvalue weighted by Crippen LogP contribution is 2.67. The Morgan fingerprint density at radius 1 is 0.886 bits per heavy atom. The molecule has 6 atom stereocenters. The van der Waals surface area contributed by atoms with Crippen LogP contribution in [0.1, 0.15) is 22.0 Å². The van der Waals surface area contributed by atoms with Gasteiger partial charge in [0, 0.05) is 12.6 Å². The van der Waals surface area contributed by atoms with Gasteiger partial charge in [-0.1, -0.05) is 6.07 Å². The van der Waals surface area contributed by atoms with Gasteiger partial charge in [0.2, 0.25) is 9.74 Å². The van der Waals surface area contributed by atoms with Crippen molar-refractivity contribution in [1.82, 2.24) is 9.80 Å². The van der Waals surface area contributed by atoms with Crippen LogP contribution in [-0.2, 0) is 19.1 Å². The van der Waals surface area contributed by atoms with Gasteiger partial charge < -0.3 is 43.7 Å². The van der Waals surface area contributed by atoms with Gasteiger partial charge in [-0.15, -0.1) is 0 Å². The summed E-state index contributed by atoms with van der Waals surface area (Å²) in [4.78, 5) is 41.8. The predicted octanol–water partition coefficient (Wildman–Crippen LogP) is 3.62. The second kappa shape index (κ2) is 10.7. The lowest BCUT2D eigenvalue weighted by Crippen LogP contribution is -2.76. The fourth-order valence-electron chi connectivity index (χ4n) is 6.05. The highest BCUT2D eigenvalue weighted by atomic mass is 33.7. The molecule has 0 aromatic heterocycles. The summed E-state index contributed by atoms with van der Waals surface area (Å²) < 4.78 is 28.7. The number of rotatable bonds is 2. The van der Waals surface area contributed by atoms with E-state index in [2.05, 4.69) is 0 Å². The number of hydrogen-bond donors (Lipinski definition) is 2. The van der Waals surface area contributed by atoms with Crippen LogP contribution in [0.5, 0.6) is 23.0 Å². The molecule has 7 bridgehead atoms. The summed E-state index contributed by atoms with van der Waals surface area (Å²) in [7, 11) is 8.77. The Hall–Kier alpha value is -3.15. The van der Waals surface area contributed by atoms with Crippen molar-refractivity contribution in [3.8, 4) is 23.0 Å². The van der Waals surface area contributed by atoms with Crippen molar-refractivity contribution in [2.45, 2.75) is 34.1 Å². The Labute approximate surface area is 266 Å². The third-order valence-corrected chi connectivity index (χ3v) is 15.5. The van der Waals surface area contributed by atoms with E-state index in [1.54, 1.807) is 18.2 Å². The molecule has 12 nitrogen and oxygen atoms in total. The minimum atomic E-state index is -1.90. The molecular formula is C28H24N2O10S4. The number of likely N-dealkylation sites (N-methyl/N-ethyl adjacent to an activating group) is 1. The van der Waals surface area contributed by atoms with Crippen LogP contribution in [0.25, 0.3) is 0 Å². The number of benzene rings is 2. The van der Waals surface area contributed by atoms with E-state index in [-0.39, 0.29) is 28.2 Å². The first kappa shape index (κ1) is 29.6. The second-order valence-electron chi connectivity index (χ2n) is 10.3. The molecule has 230 valence electrons. The number of fused-ring (bicyclic) bond motifs is 8. The highest BCUT2D eigenvalue weighted by molar-refractivity contribution is 9.26. The van der Waals surface area contributed by atoms with Crippen LogP contribution in [-0.4, -0.2) is 87.1 Å². The van der Waals surface area contributed by atoms with Crippen molar-refractivity contribution in [1.29, 1.82) is 0 Å². The SMILES string of the molecule is COc1ccc2cc1Oc1cc(ccc1OC)C(O)C13SSSSC4(C(=O)N1C)C(O)C1=COC=CC(OC2=O)C1N4C3=O. The molecule has 44 heavy (non-hydrogen) atoms. The van der Waals surface area contributed by atoms with E-state index in [0.29, 0.717) is 11.5 Å². The molecule has 0 saturated carbocycles. The number of amides is 2. The Kier molecular flexibility index (Phi) is 7.21. The number of carbonyl (C=O) groups is 3. The summed E-state index contributed by atoms with van der Waals surface area (Å²) in [5.74, 6) is -1.11. The number of aliphatic hydroxyl groups excluding tert-OH is 2. The molecule has 0 aliphatic carbocycles. The summed E-state index contributed by atoms with van der Waals surface area (Å²) in [6, 6.07) is 8.02. The second-order valence-corrected chi connectivity index (χ2v) is 16.4. The average Bonchev–Trinajstić information content (AvgIpc) is 3.12. The van der Waals surface area contributed by atoms with Crippen LogP contribution >= 0.6 is 41.2 Å². The third kappa shape index (κ3) is 3.94. The van der Waals surface area contributed by atoms with Crippen molar-refractivity contribution in [3.63, 3.8) is 0 Å². The van der Waals surface area contributed by atoms with Crippen LogP contribution in [0.4, 0.5) is 0 Å². The average molecular weight is 677 g/mol. The van der Waals surface area contributed by atoms with Crippen molar-refractivity contribution < 1.29 is 48.3 Å². The fourth-order valence-corrected chi connectivity index (χ4v) is 13.8. The van der Waals surface area contributed by atoms with Crippen molar-refractivity contribution in [2.75, 3.05) is 21.3 Å². The number of piperazine rings is 1. The van der Waals surface area contributed by atoms with Gasteiger partial charge in [0.15, 0.2) is 23.0 Å². The third-order valence-electron chi connectivity index (χ3n) is 8.25. The van der Waals surface area contributed by atoms with E-state index in [4.69, 9.17) is 23.7 Å². The zero-order chi connectivity index (χ0) is 31.0. The molecule has 2 aromatic carbocycles. The number of aliphatic hydroxyl groups is 2. The lowest BCUT2D eigenvalue weighted by Gasteiger charge is -2.56. The maximum atomic E-state index is 15.0. The lowest BCUT2D eigenvalue weighted by atomic mass is 9.93. The summed E-state index contributed by atoms with van der Waals surface area (Å²) in [5, 5.41) is 23.9. The van der Waals surface area contributed by atoms with E-state index >= 15 is 0 Å². The fraction of sp³-hybridized carbons (Fsp3) is 0.321. The van der Waals surface area contributed by atoms with Crippen LogP contribution in [0, 0.1) is 0 Å². The van der Waals surface area contributed by atoms with Crippen LogP contribution < -0.4 is 14.2 Å². The van der Waals surface area contributed by atoms with E-state index in [1.807, 2.05) is 0 Å². The Morgan fingerprint density at radius 2 is 1.57 bits per heavy atom. The molecule has 6 aliphatic heterocycles. The summed E-state index contributed by atoms with van der Waals surface area (Å²) in [6.07, 6.45) is -0.278. The smallest absolute Gasteiger partial charge is 0.338 e. The molecule has 2 amide bonds. The lowest BCUT2D eigenvalue weighted by molar-refractivity contribution is -0.174. The monoisotopic (exact) mass is 676 g/mol. The van der Waals surface area contributed by atoms with E-state index in [9.17, 15) is 24.6 Å². The number of hydrogen-bond acceptors (Lipinski definition) is 14. The van der Waals surface area contributed by atoms with E-state index in [1.165, 1.54) is 87.5 Å². The molecule has 2 aromatic rings. The number of esters is 1. The van der Waals surface area contributed by atoms with Crippen LogP contribution in [0.2, 0.25) is 0 Å². The van der Waals surface area contributed by atoms with Gasteiger partial charge in [-0.2, -0.15) is 0 Å². The maximum absolute atomic E-state index is 15.0. The minimum absolute atomic E-state index is 0.105. The zero-order valence-corrected chi connectivity index (χ0v) is 26.5. The van der Waals surface area contributed by atoms with Crippen molar-refractivity contribution in [3.05, 3.63) is 71.7 Å². The molecule has 6 aliphatic rings. The summed E-state index contributed by atoms with van der Waals surface area (Å²) in [5.41, 5.74) is 0.530. The zero-order valence-electron chi connectivity index (χ0n) is 23.2. The van der Waals surface area contributed by atoms with Gasteiger partial charge in [0.25, 0.3) is 11.8 Å². The molecule has 2 spiro atoms. The van der Waals surface area contributed by atoms with Crippen LogP contribution in [0.3, 0.4) is 0 Å². The quantitative estimate of drug-likeness (QED) is 0.353. The normalized spacial score (nSPS) is 32.2. The number of nitrogens with zero attached hydrogens (tertiary/aromatic N) is 2. The first-order valence-corrected chi connectivity index (χ1v) is 18.0. The molecule has 0 radical (unpaired) electrons. The Bertz CT molecular complexity index is 1650. The number of carbonyl (C=O) groups excluding carboxylic acids is 3. The summed E-state index contributed by atoms with van der Waals surface area (Å²) in [6.45, 7) is 0. The molecular weight excluding hydrogens is 653 g/mol. The largest absolute Gasteiger partial charge is 0.493 e. The van der Waals surface area contributed by atoms with Gasteiger partial charge in [-0.05, 0) is 83.2 Å². The van der Waals surface area contributed by atoms with Crippen molar-refractivity contribution >= 4 is 59.0 Å². The molecule has 6 heterocycles. The Balaban J connectivity index is 1.51. The topological polar surface area (TPSA) is 144 Å². The van der Waals surface area contributed by atoms with Gasteiger partial charge >= 0.3 is 5.97 Å². The highest BCUT2D eigenvalue weighted by Gasteiger charge is 2.75. The molecule has 4 fully saturated rings. The molecule has 6 unspecified atom stereocenters. The number of methoxy groups -OCH3 is 2. The molecule has 4 saturated heterocycles.